The van der Waals surface area contributed by atoms with Gasteiger partial charge in [0.2, 0.25) is 6.29 Å². The molecule has 0 aromatic rings. The molecule has 4 saturated carbocycles. The van der Waals surface area contributed by atoms with Crippen molar-refractivity contribution in [3.63, 3.8) is 0 Å². The van der Waals surface area contributed by atoms with E-state index >= 15 is 0 Å². The number of carbonyl (C=O) groups excluding carboxylic acids is 1. The van der Waals surface area contributed by atoms with Crippen molar-refractivity contribution in [2.24, 2.45) is 39.9 Å². The minimum absolute atomic E-state index is 0.161. The van der Waals surface area contributed by atoms with E-state index in [0.29, 0.717) is 5.92 Å². The van der Waals surface area contributed by atoms with Crippen LogP contribution in [0, 0.1) is 39.9 Å². The van der Waals surface area contributed by atoms with E-state index in [4.69, 9.17) is 9.47 Å². The van der Waals surface area contributed by atoms with Gasteiger partial charge < -0.3 is 14.6 Å². The lowest BCUT2D eigenvalue weighted by atomic mass is 9.48. The molecule has 4 heterocycles. The summed E-state index contributed by atoms with van der Waals surface area (Å²) in [5.74, 6) is -0.883. The number of carboxylic acids is 1. The summed E-state index contributed by atoms with van der Waals surface area (Å²) in [6.45, 7) is 6.20. The van der Waals surface area contributed by atoms with Crippen LogP contribution in [-0.2, 0) is 19.1 Å². The van der Waals surface area contributed by atoms with Crippen LogP contribution in [0.1, 0.15) is 45.4 Å². The Balaban J connectivity index is 1.64. The van der Waals surface area contributed by atoms with Crippen LogP contribution in [0.3, 0.4) is 0 Å². The fraction of sp³-hybridized carbons (Fsp3) is 0.800. The molecule has 0 radical (unpaired) electrons. The van der Waals surface area contributed by atoms with Gasteiger partial charge in [-0.15, -0.1) is 0 Å². The average Bonchev–Trinajstić information content (AvgIpc) is 2.97. The lowest BCUT2D eigenvalue weighted by Gasteiger charge is -2.66. The largest absolute Gasteiger partial charge is 0.481 e. The summed E-state index contributed by atoms with van der Waals surface area (Å²) in [6, 6.07) is 0. The van der Waals surface area contributed by atoms with Crippen molar-refractivity contribution in [2.45, 2.75) is 57.8 Å². The molecule has 0 aromatic heterocycles. The summed E-state index contributed by atoms with van der Waals surface area (Å²) in [7, 11) is 0. The minimum Gasteiger partial charge on any atom is -0.481 e. The van der Waals surface area contributed by atoms with Gasteiger partial charge >= 0.3 is 11.9 Å². The molecule has 9 atom stereocenters. The third kappa shape index (κ3) is 1.26. The summed E-state index contributed by atoms with van der Waals surface area (Å²) < 4.78 is 12.0. The van der Waals surface area contributed by atoms with Crippen molar-refractivity contribution in [2.75, 3.05) is 0 Å². The highest BCUT2D eigenvalue weighted by atomic mass is 16.7. The number of carboxylic acid groups (broad SMARTS) is 1. The standard InChI is InChI=1S/C20H24O5/c1-9-7-19-8-10(9)3-4-11(19)20-6-5-12-18(2,14(20)13(19)15(21)22)16(23)25-17(20)24-12/h10-14,17H,1,3-8H2,2H3,(H,21,22)/t10-,11?,12-,13-,14?,17+,18+,19+,20-/m1/s1. The molecule has 2 unspecified atom stereocenters. The van der Waals surface area contributed by atoms with Gasteiger partial charge in [0.05, 0.1) is 17.4 Å². The zero-order valence-electron chi connectivity index (χ0n) is 14.5. The molecule has 8 aliphatic rings. The van der Waals surface area contributed by atoms with E-state index in [-0.39, 0.29) is 34.7 Å². The predicted molar refractivity (Wildman–Crippen MR) is 86.2 cm³/mol. The maximum absolute atomic E-state index is 12.8. The summed E-state index contributed by atoms with van der Waals surface area (Å²) >= 11 is 0. The molecule has 4 aliphatic heterocycles. The van der Waals surface area contributed by atoms with Gasteiger partial charge in [-0.1, -0.05) is 12.2 Å². The Kier molecular flexibility index (Phi) is 2.35. The number of fused-ring (bicyclic) bond motifs is 3. The zero-order chi connectivity index (χ0) is 17.4. The van der Waals surface area contributed by atoms with Gasteiger partial charge in [0.15, 0.2) is 0 Å². The van der Waals surface area contributed by atoms with Gasteiger partial charge in [-0.2, -0.15) is 0 Å². The molecule has 8 rings (SSSR count). The third-order valence-electron chi connectivity index (χ3n) is 9.24. The summed E-state index contributed by atoms with van der Waals surface area (Å²) in [6.07, 6.45) is 4.89. The fourth-order valence-corrected chi connectivity index (χ4v) is 8.62. The topological polar surface area (TPSA) is 72.8 Å². The van der Waals surface area contributed by atoms with Crippen LogP contribution in [0.25, 0.3) is 0 Å². The maximum Gasteiger partial charge on any atom is 0.317 e. The van der Waals surface area contributed by atoms with E-state index in [9.17, 15) is 14.7 Å². The van der Waals surface area contributed by atoms with E-state index in [1.807, 2.05) is 6.92 Å². The molecule has 4 aliphatic carbocycles. The number of rotatable bonds is 1. The van der Waals surface area contributed by atoms with E-state index in [2.05, 4.69) is 6.58 Å². The normalized spacial score (nSPS) is 60.4. The Morgan fingerprint density at radius 1 is 1.32 bits per heavy atom. The molecular weight excluding hydrogens is 320 g/mol. The Morgan fingerprint density at radius 3 is 2.88 bits per heavy atom. The van der Waals surface area contributed by atoms with Crippen LogP contribution in [0.5, 0.6) is 0 Å². The number of hydrogen-bond donors (Lipinski definition) is 1. The van der Waals surface area contributed by atoms with Gasteiger partial charge in [-0.3, -0.25) is 9.59 Å². The molecule has 134 valence electrons. The Hall–Kier alpha value is -1.36. The number of ether oxygens (including phenoxy) is 2. The number of carbonyl (C=O) groups is 2. The summed E-state index contributed by atoms with van der Waals surface area (Å²) in [4.78, 5) is 25.4. The molecule has 0 amide bonds. The van der Waals surface area contributed by atoms with E-state index in [1.54, 1.807) is 0 Å². The molecule has 25 heavy (non-hydrogen) atoms. The predicted octanol–water partition coefficient (Wildman–Crippen LogP) is 2.75. The molecule has 5 nitrogen and oxygen atoms in total. The first-order valence-electron chi connectivity index (χ1n) is 9.63. The molecule has 5 heteroatoms. The highest BCUT2D eigenvalue weighted by Crippen LogP contribution is 2.82. The molecule has 1 N–H and O–H groups in total. The highest BCUT2D eigenvalue weighted by Gasteiger charge is 2.85. The molecule has 6 bridgehead atoms. The lowest BCUT2D eigenvalue weighted by Crippen LogP contribution is -2.73. The van der Waals surface area contributed by atoms with Crippen LogP contribution in [0.2, 0.25) is 0 Å². The monoisotopic (exact) mass is 344 g/mol. The minimum atomic E-state index is -0.818. The van der Waals surface area contributed by atoms with Crippen molar-refractivity contribution in [1.82, 2.24) is 0 Å². The quantitative estimate of drug-likeness (QED) is 0.585. The molecule has 2 spiro atoms. The third-order valence-corrected chi connectivity index (χ3v) is 9.24. The maximum atomic E-state index is 12.8. The average molecular weight is 344 g/mol. The van der Waals surface area contributed by atoms with E-state index in [0.717, 1.165) is 38.5 Å². The van der Waals surface area contributed by atoms with Crippen LogP contribution in [0.15, 0.2) is 12.2 Å². The summed E-state index contributed by atoms with van der Waals surface area (Å²) in [5, 5.41) is 10.3. The van der Waals surface area contributed by atoms with Crippen LogP contribution < -0.4 is 0 Å². The second-order valence-electron chi connectivity index (χ2n) is 9.69. The van der Waals surface area contributed by atoms with Crippen molar-refractivity contribution < 1.29 is 24.2 Å². The van der Waals surface area contributed by atoms with Crippen molar-refractivity contribution in [3.8, 4) is 0 Å². The van der Waals surface area contributed by atoms with Crippen molar-refractivity contribution in [3.05, 3.63) is 12.2 Å². The van der Waals surface area contributed by atoms with Gasteiger partial charge in [0.25, 0.3) is 0 Å². The SMILES string of the molecule is C=C1C[C@]23C[C@H]1CCC2[C@@]12CC[C@H]4O[C@H]1OC(=O)[C@]4(C)C2[C@@H]3C(=O)O. The van der Waals surface area contributed by atoms with Gasteiger partial charge in [0, 0.05) is 11.3 Å². The molecule has 4 saturated heterocycles. The van der Waals surface area contributed by atoms with E-state index < -0.39 is 23.6 Å². The zero-order valence-corrected chi connectivity index (χ0v) is 14.5. The first-order valence-corrected chi connectivity index (χ1v) is 9.63. The first kappa shape index (κ1) is 14.8. The van der Waals surface area contributed by atoms with Crippen LogP contribution >= 0.6 is 0 Å². The van der Waals surface area contributed by atoms with Crippen molar-refractivity contribution >= 4 is 11.9 Å². The smallest absolute Gasteiger partial charge is 0.317 e. The molecular formula is C20H24O5. The Morgan fingerprint density at radius 2 is 2.12 bits per heavy atom. The Bertz CT molecular complexity index is 744. The first-order chi connectivity index (χ1) is 11.9. The number of allylic oxidation sites excluding steroid dienone is 1. The van der Waals surface area contributed by atoms with Crippen LogP contribution in [0.4, 0.5) is 0 Å². The lowest BCUT2D eigenvalue weighted by molar-refractivity contribution is -0.375. The van der Waals surface area contributed by atoms with E-state index in [1.165, 1.54) is 5.57 Å². The second kappa shape index (κ2) is 3.98. The fourth-order valence-electron chi connectivity index (χ4n) is 8.62. The highest BCUT2D eigenvalue weighted by molar-refractivity contribution is 5.83. The second-order valence-corrected chi connectivity index (χ2v) is 9.69. The number of aliphatic carboxylic acids is 1. The van der Waals surface area contributed by atoms with Gasteiger partial charge in [-0.25, -0.2) is 0 Å². The number of hydrogen-bond acceptors (Lipinski definition) is 4. The Labute approximate surface area is 146 Å². The van der Waals surface area contributed by atoms with Crippen molar-refractivity contribution in [1.29, 1.82) is 0 Å². The number of esters is 1. The summed E-state index contributed by atoms with van der Waals surface area (Å²) in [5.41, 5.74) is -0.159. The van der Waals surface area contributed by atoms with Crippen LogP contribution in [-0.4, -0.2) is 29.4 Å². The molecule has 0 aromatic carbocycles. The van der Waals surface area contributed by atoms with Gasteiger partial charge in [0.1, 0.15) is 0 Å². The molecule has 8 fully saturated rings. The van der Waals surface area contributed by atoms with Gasteiger partial charge in [-0.05, 0) is 62.7 Å².